The van der Waals surface area contributed by atoms with Crippen LogP contribution >= 0.6 is 0 Å². The van der Waals surface area contributed by atoms with Crippen LogP contribution in [0.4, 0.5) is 0 Å². The number of carbonyl (C=O) groups excluding carboxylic acids is 2. The Balaban J connectivity index is -0.000000130. The summed E-state index contributed by atoms with van der Waals surface area (Å²) in [5.74, 6) is -1.02. The van der Waals surface area contributed by atoms with Crippen LogP contribution < -0.4 is 0 Å². The maximum atomic E-state index is 11.8. The molecule has 0 aromatic carbocycles. The Morgan fingerprint density at radius 2 is 0.897 bits per heavy atom. The molecule has 0 atom stereocenters. The normalized spacial score (nSPS) is 8.97. The summed E-state index contributed by atoms with van der Waals surface area (Å²) in [5.41, 5.74) is 1.64. The van der Waals surface area contributed by atoms with E-state index >= 15 is 0 Å². The Labute approximate surface area is 170 Å². The number of carbonyl (C=O) groups is 2. The molecule has 17 heteroatoms. The van der Waals surface area contributed by atoms with Crippen LogP contribution in [0.15, 0.2) is 36.7 Å². The van der Waals surface area contributed by atoms with Gasteiger partial charge in [0.2, 0.25) is 11.6 Å². The summed E-state index contributed by atoms with van der Waals surface area (Å²) in [6.07, 6.45) is 3.17. The zero-order chi connectivity index (χ0) is 18.3. The fraction of sp³-hybridized carbons (Fsp3) is 0. The van der Waals surface area contributed by atoms with Crippen molar-refractivity contribution in [3.8, 4) is 11.4 Å². The smallest absolute Gasteiger partial charge is 0.457 e. The summed E-state index contributed by atoms with van der Waals surface area (Å²) in [5, 5.41) is 29.5. The Morgan fingerprint density at radius 1 is 0.655 bits per heavy atom. The molecule has 0 fully saturated rings. The van der Waals surface area contributed by atoms with Crippen LogP contribution in [0.1, 0.15) is 20.7 Å². The monoisotopic (exact) mass is 469 g/mol. The molecular weight excluding hydrogens is 451 g/mol. The summed E-state index contributed by atoms with van der Waals surface area (Å²) < 4.78 is 0. The van der Waals surface area contributed by atoms with E-state index in [1.165, 1.54) is 0 Å². The van der Waals surface area contributed by atoms with E-state index in [-0.39, 0.29) is 38.7 Å². The van der Waals surface area contributed by atoms with Crippen molar-refractivity contribution in [1.29, 1.82) is 0 Å². The van der Waals surface area contributed by atoms with Crippen molar-refractivity contribution in [2.75, 3.05) is 0 Å². The van der Waals surface area contributed by atoms with Gasteiger partial charge in [0, 0.05) is 12.4 Å². The number of hydrogen-bond acceptors (Lipinski definition) is 10. The summed E-state index contributed by atoms with van der Waals surface area (Å²) in [7, 11) is 0. The fourth-order valence-electron chi connectivity index (χ4n) is 1.80. The zero-order valence-corrected chi connectivity index (χ0v) is 15.2. The second-order valence-electron chi connectivity index (χ2n) is 3.90. The average Bonchev–Trinajstić information content (AvgIpc) is 2.52. The van der Waals surface area contributed by atoms with Gasteiger partial charge in [0.25, 0.3) is 0 Å². The number of hydrogen-bond donors (Lipinski definition) is 0. The number of nitrogens with zero attached hydrogens (tertiary/aromatic N) is 4. The van der Waals surface area contributed by atoms with Gasteiger partial charge in [0.1, 0.15) is 11.4 Å². The molecule has 2 aromatic heterocycles. The molecule has 3 rings (SSSR count). The van der Waals surface area contributed by atoms with Crippen LogP contribution in [0, 0.1) is 30.6 Å². The van der Waals surface area contributed by atoms with Gasteiger partial charge in [-0.25, -0.2) is 0 Å². The molecule has 1 radical (unpaired) electrons. The first-order valence-corrected chi connectivity index (χ1v) is 5.88. The van der Waals surface area contributed by atoms with Crippen molar-refractivity contribution < 1.29 is 58.4 Å². The predicted molar refractivity (Wildman–Crippen MR) is 96.3 cm³/mol. The van der Waals surface area contributed by atoms with Crippen molar-refractivity contribution >= 4 is 11.6 Å². The van der Waals surface area contributed by atoms with E-state index < -0.39 is 21.7 Å². The van der Waals surface area contributed by atoms with Crippen LogP contribution in [-0.4, -0.2) is 31.7 Å². The van der Waals surface area contributed by atoms with Gasteiger partial charge >= 0.3 is 16.8 Å². The molecule has 1 aliphatic rings. The van der Waals surface area contributed by atoms with Gasteiger partial charge in [-0.05, 0) is 24.3 Å². The Bertz CT molecular complexity index is 743. The standard InChI is InChI=1S/C12H6N2O2.Co.2NO3.4H2O/c15-11-7-3-1-5-13-9(7)10-8(12(11)16)4-2-6-14-10;;2*2-1(3)4;;;;/h1-6H;;;;4*1H2/q;+2;2*-1;;;;/p+4. The zero-order valence-electron chi connectivity index (χ0n) is 14.2. The predicted octanol–water partition coefficient (Wildman–Crippen LogP) is -2.65. The molecule has 0 saturated heterocycles. The number of fused-ring (bicyclic) bond motifs is 3. The topological polar surface area (TPSA) is 324 Å². The number of pyridine rings is 2. The molecule has 2 heterocycles. The van der Waals surface area contributed by atoms with E-state index in [0.717, 1.165) is 0 Å². The molecular formula is C12H18CoN4O12+4. The van der Waals surface area contributed by atoms with Gasteiger partial charge in [0.05, 0.1) is 21.3 Å². The third-order valence-electron chi connectivity index (χ3n) is 2.54. The van der Waals surface area contributed by atoms with Crippen molar-refractivity contribution in [3.05, 3.63) is 78.4 Å². The number of aromatic nitrogens is 2. The van der Waals surface area contributed by atoms with Gasteiger partial charge in [-0.1, -0.05) is 0 Å². The third-order valence-corrected chi connectivity index (χ3v) is 2.54. The molecule has 16 nitrogen and oxygen atoms in total. The first kappa shape index (κ1) is 36.3. The molecule has 0 aliphatic heterocycles. The van der Waals surface area contributed by atoms with Gasteiger partial charge in [-0.15, -0.1) is 0 Å². The molecule has 0 amide bonds. The van der Waals surface area contributed by atoms with Crippen molar-refractivity contribution in [3.63, 3.8) is 0 Å². The Kier molecular flexibility index (Phi) is 20.7. The molecule has 29 heavy (non-hydrogen) atoms. The summed E-state index contributed by atoms with van der Waals surface area (Å²) in [6, 6.07) is 6.47. The molecule has 0 saturated carbocycles. The van der Waals surface area contributed by atoms with Crippen LogP contribution in [0.3, 0.4) is 0 Å². The molecule has 1 aliphatic carbocycles. The molecule has 0 spiro atoms. The van der Waals surface area contributed by atoms with E-state index in [4.69, 9.17) is 30.6 Å². The van der Waals surface area contributed by atoms with Gasteiger partial charge < -0.3 is 52.5 Å². The van der Waals surface area contributed by atoms with E-state index in [0.29, 0.717) is 22.5 Å². The second kappa shape index (κ2) is 16.6. The second-order valence-corrected chi connectivity index (χ2v) is 3.90. The summed E-state index contributed by atoms with van der Waals surface area (Å²) in [4.78, 5) is 48.2. The van der Waals surface area contributed by atoms with Gasteiger partial charge in [-0.3, -0.25) is 19.6 Å². The Hall–Kier alpha value is -3.61. The first-order valence-electron chi connectivity index (χ1n) is 5.88. The molecule has 2 aromatic rings. The van der Waals surface area contributed by atoms with Gasteiger partial charge in [-0.2, -0.15) is 0 Å². The van der Waals surface area contributed by atoms with E-state index in [1.807, 2.05) is 0 Å². The van der Waals surface area contributed by atoms with Gasteiger partial charge in [0.15, 0.2) is 0 Å². The molecule has 0 bridgehead atoms. The number of Topliss-reactive ketones (excluding diaryl/α,β-unsaturated/α-hetero) is 2. The minimum absolute atomic E-state index is 0. The summed E-state index contributed by atoms with van der Waals surface area (Å²) in [6.45, 7) is 0. The van der Waals surface area contributed by atoms with E-state index in [1.54, 1.807) is 36.7 Å². The molecule has 12 N–H and O–H groups in total. The first-order chi connectivity index (χ1) is 11.3. The SMILES string of the molecule is O=C1C(=O)c2cccnc2-c2ncccc21.O=[N+]([O-])[O-].O=[N+]([O-])[O-].[Co+2].[OH3+].[OH3+].[OH3+].[OH3+]. The third kappa shape index (κ3) is 10.3. The molecule has 0 unspecified atom stereocenters. The van der Waals surface area contributed by atoms with Crippen molar-refractivity contribution in [2.45, 2.75) is 0 Å². The van der Waals surface area contributed by atoms with Crippen LogP contribution in [-0.2, 0) is 38.7 Å². The van der Waals surface area contributed by atoms with Crippen LogP contribution in [0.5, 0.6) is 0 Å². The minimum atomic E-state index is -1.75. The largest absolute Gasteiger partial charge is 2.00 e. The quantitative estimate of drug-likeness (QED) is 0.167. The maximum absolute atomic E-state index is 11.8. The van der Waals surface area contributed by atoms with Crippen LogP contribution in [0.25, 0.3) is 11.4 Å². The van der Waals surface area contributed by atoms with E-state index in [9.17, 15) is 9.59 Å². The van der Waals surface area contributed by atoms with Crippen LogP contribution in [0.2, 0.25) is 0 Å². The van der Waals surface area contributed by atoms with Crippen molar-refractivity contribution in [2.24, 2.45) is 0 Å². The van der Waals surface area contributed by atoms with Crippen molar-refractivity contribution in [1.82, 2.24) is 9.97 Å². The minimum Gasteiger partial charge on any atom is -0.457 e. The molecule has 163 valence electrons. The number of ketones is 2. The average molecular weight is 469 g/mol. The fourth-order valence-corrected chi connectivity index (χ4v) is 1.80. The maximum Gasteiger partial charge on any atom is 2.00 e. The Morgan fingerprint density at radius 3 is 1.14 bits per heavy atom. The van der Waals surface area contributed by atoms with E-state index in [2.05, 4.69) is 9.97 Å². The number of rotatable bonds is 0. The summed E-state index contributed by atoms with van der Waals surface area (Å²) >= 11 is 0.